The lowest BCUT2D eigenvalue weighted by molar-refractivity contribution is -0.137. The second-order valence-electron chi connectivity index (χ2n) is 8.87. The van der Waals surface area contributed by atoms with Crippen LogP contribution in [-0.2, 0) is 24.8 Å². The van der Waals surface area contributed by atoms with E-state index < -0.39 is 32.1 Å². The van der Waals surface area contributed by atoms with Gasteiger partial charge in [0.15, 0.2) is 0 Å². The Morgan fingerprint density at radius 2 is 1.94 bits per heavy atom. The summed E-state index contributed by atoms with van der Waals surface area (Å²) in [6, 6.07) is 4.02. The summed E-state index contributed by atoms with van der Waals surface area (Å²) in [6.45, 7) is 0. The molecule has 5 rings (SSSR count). The van der Waals surface area contributed by atoms with Crippen molar-refractivity contribution in [2.45, 2.75) is 36.3 Å². The van der Waals surface area contributed by atoms with Gasteiger partial charge in [-0.05, 0) is 49.3 Å². The highest BCUT2D eigenvalue weighted by Gasteiger charge is 2.57. The molecule has 3 fully saturated rings. The standard InChI is InChI=1S/C19H24N4O6S2/c1-23-16-10-4-3-9(7-10)14(16)17(24)15(19(23)25)18-20-12-6-5-11(21-30(2,26)27)8-13(12)31(28,29)22-18/h5-6,8-10,14,16-17,20-22,24H,3-4,7H2,1-2H3. The number of sulfonamides is 2. The van der Waals surface area contributed by atoms with E-state index in [1.165, 1.54) is 18.2 Å². The molecule has 1 aromatic rings. The molecule has 2 heterocycles. The Kier molecular flexibility index (Phi) is 4.38. The van der Waals surface area contributed by atoms with Crippen LogP contribution in [0.5, 0.6) is 0 Å². The lowest BCUT2D eigenvalue weighted by Gasteiger charge is -2.46. The zero-order valence-electron chi connectivity index (χ0n) is 17.0. The largest absolute Gasteiger partial charge is 0.388 e. The van der Waals surface area contributed by atoms with E-state index >= 15 is 0 Å². The number of benzene rings is 1. The SMILES string of the molecule is CN1C(=O)C(=C2Nc3ccc(NS(C)(=O)=O)cc3S(=O)(=O)N2)C(O)C2C3CCC(C3)C21. The Labute approximate surface area is 180 Å². The van der Waals surface area contributed by atoms with Gasteiger partial charge in [-0.2, -0.15) is 0 Å². The minimum absolute atomic E-state index is 0.0175. The van der Waals surface area contributed by atoms with Crippen LogP contribution in [0.2, 0.25) is 0 Å². The van der Waals surface area contributed by atoms with E-state index in [0.717, 1.165) is 25.5 Å². The highest BCUT2D eigenvalue weighted by Crippen LogP contribution is 2.54. The summed E-state index contributed by atoms with van der Waals surface area (Å²) < 4.78 is 53.4. The number of hydrogen-bond acceptors (Lipinski definition) is 7. The molecule has 2 aliphatic carbocycles. The van der Waals surface area contributed by atoms with Crippen LogP contribution in [0, 0.1) is 17.8 Å². The molecule has 1 saturated heterocycles. The highest BCUT2D eigenvalue weighted by molar-refractivity contribution is 7.92. The van der Waals surface area contributed by atoms with Crippen molar-refractivity contribution < 1.29 is 26.7 Å². The molecule has 12 heteroatoms. The molecule has 0 spiro atoms. The number of aliphatic hydroxyl groups excluding tert-OH is 1. The molecule has 0 aromatic heterocycles. The molecule has 168 valence electrons. The minimum atomic E-state index is -4.10. The molecule has 5 atom stereocenters. The quantitative estimate of drug-likeness (QED) is 0.454. The van der Waals surface area contributed by atoms with Crippen molar-refractivity contribution in [2.75, 3.05) is 23.3 Å². The van der Waals surface area contributed by atoms with Crippen molar-refractivity contribution >= 4 is 37.3 Å². The predicted molar refractivity (Wildman–Crippen MR) is 113 cm³/mol. The van der Waals surface area contributed by atoms with E-state index in [0.29, 0.717) is 11.8 Å². The third-order valence-electron chi connectivity index (χ3n) is 6.93. The van der Waals surface area contributed by atoms with Gasteiger partial charge < -0.3 is 15.3 Å². The summed E-state index contributed by atoms with van der Waals surface area (Å²) in [7, 11) is -5.97. The number of fused-ring (bicyclic) bond motifs is 6. The number of aliphatic hydroxyl groups is 1. The van der Waals surface area contributed by atoms with Gasteiger partial charge in [0.05, 0.1) is 23.6 Å². The number of piperidine rings is 1. The van der Waals surface area contributed by atoms with Crippen molar-refractivity contribution in [3.05, 3.63) is 29.6 Å². The molecule has 4 aliphatic rings. The Balaban J connectivity index is 1.56. The molecule has 2 bridgehead atoms. The van der Waals surface area contributed by atoms with Gasteiger partial charge in [0, 0.05) is 24.7 Å². The van der Waals surface area contributed by atoms with E-state index in [2.05, 4.69) is 14.8 Å². The van der Waals surface area contributed by atoms with E-state index in [1.807, 2.05) is 0 Å². The Bertz CT molecular complexity index is 1230. The first-order valence-electron chi connectivity index (χ1n) is 10.1. The van der Waals surface area contributed by atoms with E-state index in [9.17, 15) is 26.7 Å². The lowest BCUT2D eigenvalue weighted by atomic mass is 9.74. The van der Waals surface area contributed by atoms with E-state index in [-0.39, 0.29) is 39.6 Å². The second-order valence-corrected chi connectivity index (χ2v) is 12.3. The molecule has 1 amide bonds. The number of nitrogens with zero attached hydrogens (tertiary/aromatic N) is 1. The zero-order chi connectivity index (χ0) is 22.3. The number of hydrogen-bond donors (Lipinski definition) is 4. The van der Waals surface area contributed by atoms with Crippen LogP contribution < -0.4 is 14.8 Å². The highest BCUT2D eigenvalue weighted by atomic mass is 32.2. The van der Waals surface area contributed by atoms with Crippen LogP contribution in [0.1, 0.15) is 19.3 Å². The fraction of sp³-hybridized carbons (Fsp3) is 0.526. The van der Waals surface area contributed by atoms with Crippen molar-refractivity contribution in [3.8, 4) is 0 Å². The second kappa shape index (κ2) is 6.59. The number of likely N-dealkylation sites (tertiary alicyclic amines) is 1. The molecule has 5 unspecified atom stereocenters. The number of anilines is 2. The Morgan fingerprint density at radius 1 is 1.23 bits per heavy atom. The molecule has 1 aromatic carbocycles. The van der Waals surface area contributed by atoms with Crippen LogP contribution in [0.3, 0.4) is 0 Å². The maximum atomic E-state index is 13.1. The van der Waals surface area contributed by atoms with Crippen molar-refractivity contribution in [2.24, 2.45) is 17.8 Å². The molecule has 10 nitrogen and oxygen atoms in total. The molecule has 2 aliphatic heterocycles. The average Bonchev–Trinajstić information content (AvgIpc) is 3.27. The molecule has 2 saturated carbocycles. The topological polar surface area (TPSA) is 145 Å². The summed E-state index contributed by atoms with van der Waals surface area (Å²) in [6.07, 6.45) is 2.93. The van der Waals surface area contributed by atoms with Gasteiger partial charge in [-0.3, -0.25) is 14.2 Å². The monoisotopic (exact) mass is 468 g/mol. The number of carbonyl (C=O) groups is 1. The predicted octanol–water partition coefficient (Wildman–Crippen LogP) is 0.221. The summed E-state index contributed by atoms with van der Waals surface area (Å²) in [4.78, 5) is 14.6. The van der Waals surface area contributed by atoms with Crippen LogP contribution in [0.4, 0.5) is 11.4 Å². The van der Waals surface area contributed by atoms with Gasteiger partial charge in [-0.25, -0.2) is 16.8 Å². The van der Waals surface area contributed by atoms with Gasteiger partial charge in [0.25, 0.3) is 15.9 Å². The number of likely N-dealkylation sites (N-methyl/N-ethyl adjacent to an activating group) is 1. The van der Waals surface area contributed by atoms with Crippen LogP contribution in [-0.4, -0.2) is 58.2 Å². The molecule has 0 radical (unpaired) electrons. The van der Waals surface area contributed by atoms with E-state index in [1.54, 1.807) is 11.9 Å². The smallest absolute Gasteiger partial charge is 0.265 e. The Morgan fingerprint density at radius 3 is 2.65 bits per heavy atom. The zero-order valence-corrected chi connectivity index (χ0v) is 18.6. The number of carbonyl (C=O) groups excluding carboxylic acids is 1. The lowest BCUT2D eigenvalue weighted by Crippen LogP contribution is -2.57. The fourth-order valence-corrected chi connectivity index (χ4v) is 7.61. The van der Waals surface area contributed by atoms with E-state index in [4.69, 9.17) is 0 Å². The maximum Gasteiger partial charge on any atom is 0.265 e. The maximum absolute atomic E-state index is 13.1. The van der Waals surface area contributed by atoms with Gasteiger partial charge in [-0.15, -0.1) is 0 Å². The van der Waals surface area contributed by atoms with Gasteiger partial charge in [0.2, 0.25) is 10.0 Å². The van der Waals surface area contributed by atoms with Crippen LogP contribution in [0.15, 0.2) is 34.5 Å². The minimum Gasteiger partial charge on any atom is -0.388 e. The average molecular weight is 469 g/mol. The first-order valence-corrected chi connectivity index (χ1v) is 13.4. The van der Waals surface area contributed by atoms with Crippen LogP contribution >= 0.6 is 0 Å². The number of rotatable bonds is 2. The summed E-state index contributed by atoms with van der Waals surface area (Å²) in [5.74, 6) is 0.126. The summed E-state index contributed by atoms with van der Waals surface area (Å²) >= 11 is 0. The normalized spacial score (nSPS) is 35.8. The van der Waals surface area contributed by atoms with Crippen molar-refractivity contribution in [3.63, 3.8) is 0 Å². The third-order valence-corrected chi connectivity index (χ3v) is 8.93. The van der Waals surface area contributed by atoms with Gasteiger partial charge in [-0.1, -0.05) is 0 Å². The summed E-state index contributed by atoms with van der Waals surface area (Å²) in [5.41, 5.74) is 0.310. The molecule has 31 heavy (non-hydrogen) atoms. The van der Waals surface area contributed by atoms with Crippen molar-refractivity contribution in [1.82, 2.24) is 9.62 Å². The third kappa shape index (κ3) is 3.19. The molecular weight excluding hydrogens is 444 g/mol. The fourth-order valence-electron chi connectivity index (χ4n) is 5.82. The summed E-state index contributed by atoms with van der Waals surface area (Å²) in [5, 5.41) is 14.1. The van der Waals surface area contributed by atoms with Crippen LogP contribution in [0.25, 0.3) is 0 Å². The first-order chi connectivity index (χ1) is 14.5. The first kappa shape index (κ1) is 20.6. The number of amides is 1. The van der Waals surface area contributed by atoms with Gasteiger partial charge in [0.1, 0.15) is 10.7 Å². The number of nitrogens with one attached hydrogen (secondary N) is 3. The molecular formula is C19H24N4O6S2. The Hall–Kier alpha value is -2.31. The van der Waals surface area contributed by atoms with Gasteiger partial charge >= 0.3 is 0 Å². The molecule has 4 N–H and O–H groups in total. The van der Waals surface area contributed by atoms with Crippen molar-refractivity contribution in [1.29, 1.82) is 0 Å².